The maximum Gasteiger partial charge on any atom is 0.255 e. The molecule has 0 bridgehead atoms. The van der Waals surface area contributed by atoms with Crippen molar-refractivity contribution in [1.82, 2.24) is 4.98 Å². The number of carbonyl (C=O) groups excluding carboxylic acids is 1. The van der Waals surface area contributed by atoms with E-state index in [0.29, 0.717) is 16.9 Å². The summed E-state index contributed by atoms with van der Waals surface area (Å²) in [5, 5.41) is 12.2. The van der Waals surface area contributed by atoms with Crippen LogP contribution >= 0.6 is 0 Å². The molecule has 0 saturated heterocycles. The van der Waals surface area contributed by atoms with Crippen LogP contribution in [0.1, 0.15) is 15.9 Å². The molecule has 1 aromatic heterocycles. The molecule has 1 amide bonds. The highest BCUT2D eigenvalue weighted by atomic mass is 16.3. The number of pyridine rings is 1. The van der Waals surface area contributed by atoms with Gasteiger partial charge in [0.05, 0.1) is 17.6 Å². The van der Waals surface area contributed by atoms with Crippen LogP contribution < -0.4 is 11.1 Å². The first kappa shape index (κ1) is 11.9. The molecular weight excluding hydrogens is 230 g/mol. The van der Waals surface area contributed by atoms with E-state index in [9.17, 15) is 9.90 Å². The Bertz CT molecular complexity index is 597. The molecule has 92 valence electrons. The van der Waals surface area contributed by atoms with Crippen molar-refractivity contribution >= 4 is 17.3 Å². The van der Waals surface area contributed by atoms with E-state index in [1.54, 1.807) is 31.3 Å². The second-order valence-corrected chi connectivity index (χ2v) is 3.92. The Balaban J connectivity index is 2.22. The third kappa shape index (κ3) is 2.40. The van der Waals surface area contributed by atoms with Crippen LogP contribution in [-0.4, -0.2) is 16.0 Å². The molecule has 0 radical (unpaired) electrons. The monoisotopic (exact) mass is 243 g/mol. The van der Waals surface area contributed by atoms with Gasteiger partial charge in [0.1, 0.15) is 5.75 Å². The summed E-state index contributed by atoms with van der Waals surface area (Å²) < 4.78 is 0. The first-order chi connectivity index (χ1) is 8.58. The van der Waals surface area contributed by atoms with Crippen molar-refractivity contribution in [1.29, 1.82) is 0 Å². The van der Waals surface area contributed by atoms with Gasteiger partial charge in [-0.15, -0.1) is 0 Å². The van der Waals surface area contributed by atoms with Crippen LogP contribution in [0.2, 0.25) is 0 Å². The Kier molecular flexibility index (Phi) is 3.14. The van der Waals surface area contributed by atoms with Crippen molar-refractivity contribution in [2.24, 2.45) is 0 Å². The summed E-state index contributed by atoms with van der Waals surface area (Å²) in [5.41, 5.74) is 7.65. The number of phenolic OH excluding ortho intramolecular Hbond substituents is 1. The standard InChI is InChI=1S/C13H13N3O2/c1-8-2-3-9(6-12(8)17)13(18)16-11-4-5-15-7-10(11)14/h2-7,17H,14H2,1H3,(H,15,16,18). The van der Waals surface area contributed by atoms with Crippen molar-refractivity contribution in [3.8, 4) is 5.75 Å². The van der Waals surface area contributed by atoms with Crippen LogP contribution in [0.4, 0.5) is 11.4 Å². The molecule has 0 saturated carbocycles. The summed E-state index contributed by atoms with van der Waals surface area (Å²) in [7, 11) is 0. The van der Waals surface area contributed by atoms with Crippen molar-refractivity contribution in [2.45, 2.75) is 6.92 Å². The highest BCUT2D eigenvalue weighted by molar-refractivity contribution is 6.05. The van der Waals surface area contributed by atoms with E-state index in [2.05, 4.69) is 10.3 Å². The Morgan fingerprint density at radius 1 is 1.39 bits per heavy atom. The van der Waals surface area contributed by atoms with E-state index in [1.165, 1.54) is 12.3 Å². The molecule has 5 nitrogen and oxygen atoms in total. The molecule has 0 aliphatic carbocycles. The van der Waals surface area contributed by atoms with Gasteiger partial charge in [-0.1, -0.05) is 6.07 Å². The summed E-state index contributed by atoms with van der Waals surface area (Å²) in [6.45, 7) is 1.76. The van der Waals surface area contributed by atoms with Gasteiger partial charge in [0, 0.05) is 11.8 Å². The number of anilines is 2. The molecule has 0 aliphatic heterocycles. The molecule has 18 heavy (non-hydrogen) atoms. The third-order valence-electron chi connectivity index (χ3n) is 2.57. The molecule has 0 fully saturated rings. The van der Waals surface area contributed by atoms with Gasteiger partial charge < -0.3 is 16.2 Å². The van der Waals surface area contributed by atoms with E-state index in [-0.39, 0.29) is 11.7 Å². The van der Waals surface area contributed by atoms with Gasteiger partial charge >= 0.3 is 0 Å². The van der Waals surface area contributed by atoms with Crippen LogP contribution in [0.25, 0.3) is 0 Å². The van der Waals surface area contributed by atoms with Gasteiger partial charge in [0.25, 0.3) is 5.91 Å². The van der Waals surface area contributed by atoms with Gasteiger partial charge in [-0.05, 0) is 30.7 Å². The molecule has 0 unspecified atom stereocenters. The minimum Gasteiger partial charge on any atom is -0.508 e. The fourth-order valence-electron chi connectivity index (χ4n) is 1.47. The average molecular weight is 243 g/mol. The normalized spacial score (nSPS) is 10.1. The number of aromatic nitrogens is 1. The number of rotatable bonds is 2. The van der Waals surface area contributed by atoms with Gasteiger partial charge in [-0.2, -0.15) is 0 Å². The minimum absolute atomic E-state index is 0.0883. The number of phenols is 1. The number of hydrogen-bond donors (Lipinski definition) is 3. The lowest BCUT2D eigenvalue weighted by Crippen LogP contribution is -2.13. The van der Waals surface area contributed by atoms with Crippen molar-refractivity contribution in [3.05, 3.63) is 47.8 Å². The summed E-state index contributed by atoms with van der Waals surface area (Å²) >= 11 is 0. The Morgan fingerprint density at radius 3 is 2.83 bits per heavy atom. The second-order valence-electron chi connectivity index (χ2n) is 3.92. The van der Waals surface area contributed by atoms with Crippen molar-refractivity contribution in [3.63, 3.8) is 0 Å². The number of benzene rings is 1. The van der Waals surface area contributed by atoms with Crippen molar-refractivity contribution < 1.29 is 9.90 Å². The second kappa shape index (κ2) is 4.75. The lowest BCUT2D eigenvalue weighted by molar-refractivity contribution is 0.102. The predicted molar refractivity (Wildman–Crippen MR) is 69.4 cm³/mol. The molecule has 0 spiro atoms. The molecule has 1 heterocycles. The van der Waals surface area contributed by atoms with E-state index in [4.69, 9.17) is 5.73 Å². The third-order valence-corrected chi connectivity index (χ3v) is 2.57. The minimum atomic E-state index is -0.330. The first-order valence-corrected chi connectivity index (χ1v) is 5.38. The van der Waals surface area contributed by atoms with E-state index in [0.717, 1.165) is 5.56 Å². The SMILES string of the molecule is Cc1ccc(C(=O)Nc2ccncc2N)cc1O. The summed E-state index contributed by atoms with van der Waals surface area (Å²) in [5.74, 6) is -0.242. The molecular formula is C13H13N3O2. The number of nitrogens with one attached hydrogen (secondary N) is 1. The Labute approximate surface area is 104 Å². The van der Waals surface area contributed by atoms with Gasteiger partial charge in [0.2, 0.25) is 0 Å². The van der Waals surface area contributed by atoms with E-state index >= 15 is 0 Å². The number of nitrogens with two attached hydrogens (primary N) is 1. The fraction of sp³-hybridized carbons (Fsp3) is 0.0769. The van der Waals surface area contributed by atoms with Gasteiger partial charge in [-0.3, -0.25) is 9.78 Å². The lowest BCUT2D eigenvalue weighted by Gasteiger charge is -2.08. The number of aryl methyl sites for hydroxylation is 1. The molecule has 2 rings (SSSR count). The Hall–Kier alpha value is -2.56. The summed E-state index contributed by atoms with van der Waals surface area (Å²) in [4.78, 5) is 15.8. The highest BCUT2D eigenvalue weighted by Gasteiger charge is 2.09. The predicted octanol–water partition coefficient (Wildman–Crippen LogP) is 1.93. The molecule has 2 aromatic rings. The smallest absolute Gasteiger partial charge is 0.255 e. The maximum absolute atomic E-state index is 11.9. The molecule has 4 N–H and O–H groups in total. The number of carbonyl (C=O) groups is 1. The van der Waals surface area contributed by atoms with Gasteiger partial charge in [0.15, 0.2) is 0 Å². The van der Waals surface area contributed by atoms with Crippen LogP contribution in [0.15, 0.2) is 36.7 Å². The zero-order chi connectivity index (χ0) is 13.1. The van der Waals surface area contributed by atoms with Crippen LogP contribution in [0.5, 0.6) is 5.75 Å². The zero-order valence-corrected chi connectivity index (χ0v) is 9.84. The largest absolute Gasteiger partial charge is 0.508 e. The zero-order valence-electron chi connectivity index (χ0n) is 9.84. The Morgan fingerprint density at radius 2 is 2.17 bits per heavy atom. The fourth-order valence-corrected chi connectivity index (χ4v) is 1.47. The molecule has 0 atom stereocenters. The number of amides is 1. The van der Waals surface area contributed by atoms with E-state index < -0.39 is 0 Å². The quantitative estimate of drug-likeness (QED) is 0.752. The topological polar surface area (TPSA) is 88.2 Å². The molecule has 0 aliphatic rings. The number of aromatic hydroxyl groups is 1. The highest BCUT2D eigenvalue weighted by Crippen LogP contribution is 2.20. The first-order valence-electron chi connectivity index (χ1n) is 5.38. The number of hydrogen-bond acceptors (Lipinski definition) is 4. The van der Waals surface area contributed by atoms with Crippen molar-refractivity contribution in [2.75, 3.05) is 11.1 Å². The summed E-state index contributed by atoms with van der Waals surface area (Å²) in [6, 6.07) is 6.35. The average Bonchev–Trinajstić information content (AvgIpc) is 2.35. The maximum atomic E-state index is 11.9. The van der Waals surface area contributed by atoms with E-state index in [1.807, 2.05) is 0 Å². The van der Waals surface area contributed by atoms with Crippen LogP contribution in [0, 0.1) is 6.92 Å². The lowest BCUT2D eigenvalue weighted by atomic mass is 10.1. The molecule has 5 heteroatoms. The number of nitrogens with zero attached hydrogens (tertiary/aromatic N) is 1. The molecule has 1 aromatic carbocycles. The summed E-state index contributed by atoms with van der Waals surface area (Å²) in [6.07, 6.45) is 3.00. The van der Waals surface area contributed by atoms with Crippen LogP contribution in [-0.2, 0) is 0 Å². The van der Waals surface area contributed by atoms with Crippen LogP contribution in [0.3, 0.4) is 0 Å². The number of nitrogen functional groups attached to an aromatic ring is 1. The van der Waals surface area contributed by atoms with Gasteiger partial charge in [-0.25, -0.2) is 0 Å².